The van der Waals surface area contributed by atoms with E-state index in [9.17, 15) is 4.79 Å². The number of fused-ring (bicyclic) bond motifs is 1. The van der Waals surface area contributed by atoms with Crippen molar-refractivity contribution in [3.8, 4) is 0 Å². The number of nitrogens with zero attached hydrogens (tertiary/aromatic N) is 3. The lowest BCUT2D eigenvalue weighted by molar-refractivity contribution is 0.0601. The molecular weight excluding hydrogens is 462 g/mol. The Hall–Kier alpha value is -2.90. The zero-order chi connectivity index (χ0) is 24.2. The lowest BCUT2D eigenvalue weighted by atomic mass is 9.91. The van der Waals surface area contributed by atoms with Gasteiger partial charge in [-0.25, -0.2) is 9.78 Å². The van der Waals surface area contributed by atoms with Crippen molar-refractivity contribution in [1.29, 1.82) is 0 Å². The molecule has 0 bridgehead atoms. The van der Waals surface area contributed by atoms with E-state index < -0.39 is 0 Å². The van der Waals surface area contributed by atoms with Crippen LogP contribution in [-0.4, -0.2) is 48.2 Å². The van der Waals surface area contributed by atoms with Crippen LogP contribution >= 0.6 is 11.6 Å². The quantitative estimate of drug-likeness (QED) is 0.426. The predicted molar refractivity (Wildman–Crippen MR) is 141 cm³/mol. The fourth-order valence-electron chi connectivity index (χ4n) is 5.31. The molecule has 8 heteroatoms. The van der Waals surface area contributed by atoms with E-state index >= 15 is 0 Å². The Labute approximate surface area is 211 Å². The van der Waals surface area contributed by atoms with Crippen LogP contribution in [0.2, 0.25) is 5.02 Å². The number of carbonyl (C=O) groups is 1. The monoisotopic (exact) mass is 493 g/mol. The van der Waals surface area contributed by atoms with Crippen molar-refractivity contribution in [2.45, 2.75) is 57.0 Å². The summed E-state index contributed by atoms with van der Waals surface area (Å²) in [6.45, 7) is 2.05. The van der Waals surface area contributed by atoms with Gasteiger partial charge in [-0.2, -0.15) is 4.98 Å². The van der Waals surface area contributed by atoms with Gasteiger partial charge in [0.15, 0.2) is 0 Å². The van der Waals surface area contributed by atoms with Crippen molar-refractivity contribution < 1.29 is 9.53 Å². The van der Waals surface area contributed by atoms with Crippen molar-refractivity contribution in [2.75, 3.05) is 30.4 Å². The molecule has 2 aliphatic rings. The van der Waals surface area contributed by atoms with Crippen LogP contribution in [0.15, 0.2) is 42.5 Å². The van der Waals surface area contributed by atoms with Gasteiger partial charge in [-0.3, -0.25) is 0 Å². The SMILES string of the molecule is COC(=O)c1ccc(Nc2nc(N(C3CCCCC3)C3CCNCC3)nc3ccc(Cl)cc23)cc1. The van der Waals surface area contributed by atoms with Gasteiger partial charge < -0.3 is 20.3 Å². The molecule has 2 N–H and O–H groups in total. The maximum Gasteiger partial charge on any atom is 0.337 e. The summed E-state index contributed by atoms with van der Waals surface area (Å²) in [5.74, 6) is 1.14. The largest absolute Gasteiger partial charge is 0.465 e. The highest BCUT2D eigenvalue weighted by Gasteiger charge is 2.31. The number of nitrogens with one attached hydrogen (secondary N) is 2. The number of hydrogen-bond acceptors (Lipinski definition) is 7. The van der Waals surface area contributed by atoms with E-state index in [1.807, 2.05) is 30.3 Å². The Morgan fingerprint density at radius 2 is 1.71 bits per heavy atom. The summed E-state index contributed by atoms with van der Waals surface area (Å²) in [5, 5.41) is 8.46. The highest BCUT2D eigenvalue weighted by Crippen LogP contribution is 2.34. The van der Waals surface area contributed by atoms with E-state index in [2.05, 4.69) is 15.5 Å². The van der Waals surface area contributed by atoms with Gasteiger partial charge in [0.05, 0.1) is 18.2 Å². The second-order valence-electron chi connectivity index (χ2n) is 9.41. The number of anilines is 3. The molecule has 2 fully saturated rings. The minimum atomic E-state index is -0.358. The lowest BCUT2D eigenvalue weighted by Gasteiger charge is -2.42. The molecule has 1 aliphatic heterocycles. The molecule has 0 spiro atoms. The topological polar surface area (TPSA) is 79.4 Å². The van der Waals surface area contributed by atoms with Gasteiger partial charge in [-0.15, -0.1) is 0 Å². The fraction of sp³-hybridized carbons (Fsp3) is 0.444. The standard InChI is InChI=1S/C27H32ClN5O2/c1-35-26(34)18-7-10-20(11-8-18)30-25-23-17-19(28)9-12-24(23)31-27(32-25)33(21-5-3-2-4-6-21)22-13-15-29-16-14-22/h7-12,17,21-22,29H,2-6,13-16H2,1H3,(H,30,31,32). The summed E-state index contributed by atoms with van der Waals surface area (Å²) in [5.41, 5.74) is 2.20. The predicted octanol–water partition coefficient (Wildman–Crippen LogP) is 5.70. The summed E-state index contributed by atoms with van der Waals surface area (Å²) in [4.78, 5) is 24.5. The van der Waals surface area contributed by atoms with Crippen molar-refractivity contribution in [2.24, 2.45) is 0 Å². The molecular formula is C27H32ClN5O2. The first kappa shape index (κ1) is 23.8. The smallest absolute Gasteiger partial charge is 0.337 e. The number of halogens is 1. The van der Waals surface area contributed by atoms with Gasteiger partial charge in [0.2, 0.25) is 5.95 Å². The first-order chi connectivity index (χ1) is 17.1. The third-order valence-corrected chi connectivity index (χ3v) is 7.35. The van der Waals surface area contributed by atoms with E-state index in [-0.39, 0.29) is 5.97 Å². The summed E-state index contributed by atoms with van der Waals surface area (Å²) in [6.07, 6.45) is 8.38. The molecule has 2 aromatic carbocycles. The Bertz CT molecular complexity index is 1160. The van der Waals surface area contributed by atoms with Crippen LogP contribution in [0.4, 0.5) is 17.5 Å². The highest BCUT2D eigenvalue weighted by molar-refractivity contribution is 6.31. The average molecular weight is 494 g/mol. The van der Waals surface area contributed by atoms with Crippen LogP contribution in [0.1, 0.15) is 55.3 Å². The first-order valence-corrected chi connectivity index (χ1v) is 12.9. The molecule has 5 rings (SSSR count). The number of methoxy groups -OCH3 is 1. The number of rotatable bonds is 6. The van der Waals surface area contributed by atoms with Crippen molar-refractivity contribution >= 4 is 45.9 Å². The molecule has 184 valence electrons. The van der Waals surface area contributed by atoms with Crippen LogP contribution in [0.5, 0.6) is 0 Å². The average Bonchev–Trinajstić information content (AvgIpc) is 2.90. The molecule has 0 unspecified atom stereocenters. The van der Waals surface area contributed by atoms with Crippen LogP contribution < -0.4 is 15.5 Å². The maximum absolute atomic E-state index is 11.8. The number of esters is 1. The molecule has 3 aromatic rings. The third-order valence-electron chi connectivity index (χ3n) is 7.12. The Balaban J connectivity index is 1.55. The molecule has 0 radical (unpaired) electrons. The molecule has 1 saturated carbocycles. The zero-order valence-corrected chi connectivity index (χ0v) is 20.9. The van der Waals surface area contributed by atoms with Crippen LogP contribution in [-0.2, 0) is 4.74 Å². The van der Waals surface area contributed by atoms with E-state index in [1.165, 1.54) is 39.2 Å². The minimum Gasteiger partial charge on any atom is -0.465 e. The van der Waals surface area contributed by atoms with E-state index in [1.54, 1.807) is 12.1 Å². The first-order valence-electron chi connectivity index (χ1n) is 12.5. The number of aromatic nitrogens is 2. The van der Waals surface area contributed by atoms with Gasteiger partial charge in [-0.1, -0.05) is 30.9 Å². The fourth-order valence-corrected chi connectivity index (χ4v) is 5.48. The molecule has 7 nitrogen and oxygen atoms in total. The van der Waals surface area contributed by atoms with Gasteiger partial charge in [0.1, 0.15) is 5.82 Å². The summed E-state index contributed by atoms with van der Waals surface area (Å²) < 4.78 is 4.82. The summed E-state index contributed by atoms with van der Waals surface area (Å²) in [7, 11) is 1.38. The molecule has 1 aromatic heterocycles. The van der Waals surface area contributed by atoms with Crippen LogP contribution in [0.25, 0.3) is 10.9 Å². The summed E-state index contributed by atoms with van der Waals surface area (Å²) >= 11 is 6.36. The Morgan fingerprint density at radius 3 is 2.43 bits per heavy atom. The van der Waals surface area contributed by atoms with Crippen molar-refractivity contribution in [3.63, 3.8) is 0 Å². The second-order valence-corrected chi connectivity index (χ2v) is 9.84. The lowest BCUT2D eigenvalue weighted by Crippen LogP contribution is -2.49. The van der Waals surface area contributed by atoms with Gasteiger partial charge >= 0.3 is 5.97 Å². The minimum absolute atomic E-state index is 0.358. The summed E-state index contributed by atoms with van der Waals surface area (Å²) in [6, 6.07) is 13.8. The van der Waals surface area contributed by atoms with Gasteiger partial charge in [0.25, 0.3) is 0 Å². The van der Waals surface area contributed by atoms with E-state index in [4.69, 9.17) is 26.3 Å². The zero-order valence-electron chi connectivity index (χ0n) is 20.1. The third kappa shape index (κ3) is 5.36. The second kappa shape index (κ2) is 10.8. The number of benzene rings is 2. The number of ether oxygens (including phenoxy) is 1. The van der Waals surface area contributed by atoms with Crippen LogP contribution in [0, 0.1) is 0 Å². The highest BCUT2D eigenvalue weighted by atomic mass is 35.5. The Morgan fingerprint density at radius 1 is 1.00 bits per heavy atom. The van der Waals surface area contributed by atoms with E-state index in [0.717, 1.165) is 48.5 Å². The van der Waals surface area contributed by atoms with Gasteiger partial charge in [0, 0.05) is 28.2 Å². The number of piperidine rings is 1. The van der Waals surface area contributed by atoms with Crippen molar-refractivity contribution in [3.05, 3.63) is 53.1 Å². The molecule has 35 heavy (non-hydrogen) atoms. The van der Waals surface area contributed by atoms with Gasteiger partial charge in [-0.05, 0) is 81.2 Å². The normalized spacial score (nSPS) is 17.3. The molecule has 2 heterocycles. The molecule has 0 atom stereocenters. The maximum atomic E-state index is 11.8. The van der Waals surface area contributed by atoms with E-state index in [0.29, 0.717) is 28.5 Å². The molecule has 1 saturated heterocycles. The number of hydrogen-bond donors (Lipinski definition) is 2. The Kier molecular flexibility index (Phi) is 7.35. The molecule has 0 amide bonds. The number of carbonyl (C=O) groups excluding carboxylic acids is 1. The van der Waals surface area contributed by atoms with Crippen LogP contribution in [0.3, 0.4) is 0 Å². The molecule has 1 aliphatic carbocycles. The van der Waals surface area contributed by atoms with Crippen molar-refractivity contribution in [1.82, 2.24) is 15.3 Å².